The van der Waals surface area contributed by atoms with Crippen LogP contribution in [-0.4, -0.2) is 18.2 Å². The molecule has 0 rings (SSSR count). The molecule has 0 unspecified atom stereocenters. The van der Waals surface area contributed by atoms with Gasteiger partial charge in [-0.3, -0.25) is 4.79 Å². The molecule has 5 nitrogen and oxygen atoms in total. The van der Waals surface area contributed by atoms with Crippen LogP contribution in [0.5, 0.6) is 0 Å². The lowest BCUT2D eigenvalue weighted by Gasteiger charge is -1.70. The molecule has 4 N–H and O–H groups in total. The summed E-state index contributed by atoms with van der Waals surface area (Å²) in [6.45, 7) is 4.72. The van der Waals surface area contributed by atoms with Crippen molar-refractivity contribution in [2.75, 3.05) is 0 Å². The lowest BCUT2D eigenvalue weighted by atomic mass is 10.6. The highest BCUT2D eigenvalue weighted by Gasteiger charge is 1.74. The Hall–Kier alpha value is -1.65. The molecule has 0 saturated carbocycles. The van der Waals surface area contributed by atoms with Crippen molar-refractivity contribution >= 4 is 18.2 Å². The summed E-state index contributed by atoms with van der Waals surface area (Å²) in [7, 11) is 0. The molecule has 0 aromatic carbocycles. The Morgan fingerprint density at radius 1 is 1.45 bits per heavy atom. The Kier molecular flexibility index (Phi) is 9.16. The monoisotopic (exact) mass is 157 g/mol. The SMILES string of the molecule is C=CC(N)=O.CC=NC(N)=O. The van der Waals surface area contributed by atoms with E-state index < -0.39 is 11.9 Å². The van der Waals surface area contributed by atoms with Crippen LogP contribution in [0, 0.1) is 0 Å². The van der Waals surface area contributed by atoms with E-state index in [2.05, 4.69) is 23.0 Å². The zero-order valence-electron chi connectivity index (χ0n) is 6.28. The van der Waals surface area contributed by atoms with Gasteiger partial charge in [-0.25, -0.2) is 9.79 Å². The van der Waals surface area contributed by atoms with E-state index >= 15 is 0 Å². The zero-order valence-corrected chi connectivity index (χ0v) is 6.28. The molecule has 5 heteroatoms. The molecule has 0 radical (unpaired) electrons. The number of rotatable bonds is 1. The smallest absolute Gasteiger partial charge is 0.337 e. The van der Waals surface area contributed by atoms with Crippen LogP contribution in [0.1, 0.15) is 6.92 Å². The molecule has 11 heavy (non-hydrogen) atoms. The number of amides is 3. The predicted molar refractivity (Wildman–Crippen MR) is 43.1 cm³/mol. The van der Waals surface area contributed by atoms with Gasteiger partial charge in [0.25, 0.3) is 0 Å². The van der Waals surface area contributed by atoms with E-state index in [9.17, 15) is 9.59 Å². The van der Waals surface area contributed by atoms with E-state index in [4.69, 9.17) is 0 Å². The summed E-state index contributed by atoms with van der Waals surface area (Å²) < 4.78 is 0. The van der Waals surface area contributed by atoms with Gasteiger partial charge >= 0.3 is 6.03 Å². The van der Waals surface area contributed by atoms with Gasteiger partial charge < -0.3 is 11.5 Å². The average molecular weight is 157 g/mol. The highest BCUT2D eigenvalue weighted by atomic mass is 16.2. The fourth-order valence-corrected chi connectivity index (χ4v) is 0.127. The molecule has 0 fully saturated rings. The summed E-state index contributed by atoms with van der Waals surface area (Å²) in [5, 5.41) is 0. The van der Waals surface area contributed by atoms with E-state index in [0.29, 0.717) is 0 Å². The van der Waals surface area contributed by atoms with E-state index in [1.54, 1.807) is 6.92 Å². The van der Waals surface area contributed by atoms with Crippen LogP contribution in [0.4, 0.5) is 4.79 Å². The van der Waals surface area contributed by atoms with Gasteiger partial charge in [-0.1, -0.05) is 6.58 Å². The second-order valence-electron chi connectivity index (χ2n) is 1.33. The second kappa shape index (κ2) is 8.35. The quantitative estimate of drug-likeness (QED) is 0.407. The summed E-state index contributed by atoms with van der Waals surface area (Å²) in [5.41, 5.74) is 9.10. The third kappa shape index (κ3) is 30.0. The van der Waals surface area contributed by atoms with Crippen molar-refractivity contribution in [1.82, 2.24) is 0 Å². The van der Waals surface area contributed by atoms with Crippen molar-refractivity contribution in [3.05, 3.63) is 12.7 Å². The molecular formula is C6H11N3O2. The fraction of sp³-hybridized carbons (Fsp3) is 0.167. The van der Waals surface area contributed by atoms with Gasteiger partial charge in [0.05, 0.1) is 0 Å². The van der Waals surface area contributed by atoms with E-state index in [-0.39, 0.29) is 0 Å². The number of hydrogen-bond acceptors (Lipinski definition) is 2. The van der Waals surface area contributed by atoms with Crippen LogP contribution in [0.15, 0.2) is 17.6 Å². The number of urea groups is 1. The Balaban J connectivity index is 0. The number of hydrogen-bond donors (Lipinski definition) is 2. The molecule has 0 aliphatic carbocycles. The first kappa shape index (κ1) is 12.1. The molecule has 0 bridgehead atoms. The topological polar surface area (TPSA) is 98.5 Å². The van der Waals surface area contributed by atoms with Crippen LogP contribution in [0.2, 0.25) is 0 Å². The standard InChI is InChI=1S/C3H6N2O.C3H5NO/c1-2-5-3(4)6;1-2-3(4)5/h2H,1H3,(H2,4,6);2H,1H2,(H2,4,5). The van der Waals surface area contributed by atoms with Gasteiger partial charge in [-0.2, -0.15) is 0 Å². The normalized spacial score (nSPS) is 8.09. The third-order valence-corrected chi connectivity index (χ3v) is 0.458. The number of carbonyl (C=O) groups is 2. The van der Waals surface area contributed by atoms with Crippen molar-refractivity contribution in [3.8, 4) is 0 Å². The first-order valence-corrected chi connectivity index (χ1v) is 2.74. The van der Waals surface area contributed by atoms with Crippen molar-refractivity contribution in [2.24, 2.45) is 16.5 Å². The maximum absolute atomic E-state index is 9.62. The van der Waals surface area contributed by atoms with Gasteiger partial charge in [-0.05, 0) is 13.0 Å². The van der Waals surface area contributed by atoms with Gasteiger partial charge in [0.1, 0.15) is 0 Å². The second-order valence-corrected chi connectivity index (χ2v) is 1.33. The lowest BCUT2D eigenvalue weighted by molar-refractivity contribution is -0.113. The Bertz CT molecular complexity index is 175. The molecule has 0 spiro atoms. The summed E-state index contributed by atoms with van der Waals surface area (Å²) in [6, 6.07) is -0.641. The predicted octanol–water partition coefficient (Wildman–Crippen LogP) is -0.186. The molecule has 3 amide bonds. The summed E-state index contributed by atoms with van der Waals surface area (Å²) in [5.74, 6) is -0.481. The summed E-state index contributed by atoms with van der Waals surface area (Å²) in [6.07, 6.45) is 2.41. The van der Waals surface area contributed by atoms with E-state index in [0.717, 1.165) is 6.08 Å². The maximum atomic E-state index is 9.62. The van der Waals surface area contributed by atoms with Crippen molar-refractivity contribution < 1.29 is 9.59 Å². The van der Waals surface area contributed by atoms with Crippen LogP contribution in [0.25, 0.3) is 0 Å². The first-order valence-electron chi connectivity index (χ1n) is 2.74. The molecule has 0 aliphatic rings. The minimum atomic E-state index is -0.641. The molecule has 0 atom stereocenters. The van der Waals surface area contributed by atoms with Crippen LogP contribution >= 0.6 is 0 Å². The van der Waals surface area contributed by atoms with E-state index in [1.165, 1.54) is 6.21 Å². The lowest BCUT2D eigenvalue weighted by Crippen LogP contribution is -2.04. The van der Waals surface area contributed by atoms with Crippen LogP contribution in [-0.2, 0) is 4.79 Å². The molecule has 62 valence electrons. The molecule has 0 aliphatic heterocycles. The number of carbonyl (C=O) groups excluding carboxylic acids is 2. The van der Waals surface area contributed by atoms with Crippen molar-refractivity contribution in [2.45, 2.75) is 6.92 Å². The number of nitrogens with two attached hydrogens (primary N) is 2. The summed E-state index contributed by atoms with van der Waals surface area (Å²) in [4.78, 5) is 22.2. The van der Waals surface area contributed by atoms with Crippen molar-refractivity contribution in [3.63, 3.8) is 0 Å². The third-order valence-electron chi connectivity index (χ3n) is 0.458. The molecular weight excluding hydrogens is 146 g/mol. The van der Waals surface area contributed by atoms with Gasteiger partial charge in [-0.15, -0.1) is 0 Å². The van der Waals surface area contributed by atoms with Crippen LogP contribution < -0.4 is 11.5 Å². The Morgan fingerprint density at radius 2 is 1.82 bits per heavy atom. The maximum Gasteiger partial charge on any atom is 0.337 e. The van der Waals surface area contributed by atoms with E-state index in [1.807, 2.05) is 0 Å². The fourth-order valence-electron chi connectivity index (χ4n) is 0.127. The number of aliphatic imine (C=N–C) groups is 1. The zero-order chi connectivity index (χ0) is 9.28. The average Bonchev–Trinajstić information content (AvgIpc) is 1.89. The van der Waals surface area contributed by atoms with Gasteiger partial charge in [0.2, 0.25) is 5.91 Å². The molecule has 0 aromatic rings. The van der Waals surface area contributed by atoms with Gasteiger partial charge in [0.15, 0.2) is 0 Å². The minimum absolute atomic E-state index is 0.481. The molecule has 0 saturated heterocycles. The Morgan fingerprint density at radius 3 is 1.82 bits per heavy atom. The van der Waals surface area contributed by atoms with Crippen LogP contribution in [0.3, 0.4) is 0 Å². The highest BCUT2D eigenvalue weighted by molar-refractivity contribution is 5.85. The summed E-state index contributed by atoms with van der Waals surface area (Å²) >= 11 is 0. The molecule has 0 aromatic heterocycles. The largest absolute Gasteiger partial charge is 0.366 e. The highest BCUT2D eigenvalue weighted by Crippen LogP contribution is 1.59. The molecule has 0 heterocycles. The number of nitrogens with zero attached hydrogens (tertiary/aromatic N) is 1. The minimum Gasteiger partial charge on any atom is -0.366 e. The first-order chi connectivity index (χ1) is 5.04. The van der Waals surface area contributed by atoms with Gasteiger partial charge in [0, 0.05) is 6.21 Å². The number of primary amides is 2. The Labute approximate surface area is 64.8 Å². The van der Waals surface area contributed by atoms with Crippen molar-refractivity contribution in [1.29, 1.82) is 0 Å².